The summed E-state index contributed by atoms with van der Waals surface area (Å²) >= 11 is 0. The largest absolute Gasteiger partial charge is 0.416 e. The predicted molar refractivity (Wildman–Crippen MR) is 165 cm³/mol. The molecule has 6 rings (SSSR count). The van der Waals surface area contributed by atoms with Crippen LogP contribution in [0.2, 0.25) is 0 Å². The second-order valence-electron chi connectivity index (χ2n) is 11.0. The minimum Gasteiger partial charge on any atom is -0.416 e. The van der Waals surface area contributed by atoms with Crippen LogP contribution in [0.3, 0.4) is 0 Å². The van der Waals surface area contributed by atoms with Gasteiger partial charge in [-0.15, -0.1) is 10.2 Å². The molecule has 2 aromatic carbocycles. The highest BCUT2D eigenvalue weighted by molar-refractivity contribution is 6.00. The fraction of sp³-hybridized carbons (Fsp3) is 0.242. The van der Waals surface area contributed by atoms with Crippen LogP contribution in [0.15, 0.2) is 89.7 Å². The topological polar surface area (TPSA) is 129 Å². The van der Waals surface area contributed by atoms with Crippen LogP contribution in [0.5, 0.6) is 0 Å². The fourth-order valence-corrected chi connectivity index (χ4v) is 5.47. The lowest BCUT2D eigenvalue weighted by Crippen LogP contribution is -2.39. The summed E-state index contributed by atoms with van der Waals surface area (Å²) in [6, 6.07) is 20.6. The van der Waals surface area contributed by atoms with Gasteiger partial charge in [-0.05, 0) is 61.7 Å². The molecule has 4 heterocycles. The SMILES string of the molecule is CCCN1C(=O)c2ccc(Nc3cc(N[C@H](CO)c4ccccc4)c(-c4nnc(-c5cccnc5)o4)cn3)cc2C1(C)C. The smallest absolute Gasteiger partial charge is 0.254 e. The molecule has 1 aliphatic heterocycles. The Morgan fingerprint density at radius 1 is 0.977 bits per heavy atom. The first-order chi connectivity index (χ1) is 20.9. The van der Waals surface area contributed by atoms with Crippen LogP contribution in [0.25, 0.3) is 22.9 Å². The summed E-state index contributed by atoms with van der Waals surface area (Å²) in [7, 11) is 0. The van der Waals surface area contributed by atoms with E-state index in [4.69, 9.17) is 4.42 Å². The molecule has 0 radical (unpaired) electrons. The minimum absolute atomic E-state index is 0.0588. The molecule has 1 amide bonds. The highest BCUT2D eigenvalue weighted by atomic mass is 16.4. The molecule has 10 nitrogen and oxygen atoms in total. The van der Waals surface area contributed by atoms with E-state index in [1.165, 1.54) is 0 Å². The molecule has 0 bridgehead atoms. The fourth-order valence-electron chi connectivity index (χ4n) is 5.47. The summed E-state index contributed by atoms with van der Waals surface area (Å²) in [5, 5.41) is 25.6. The number of aliphatic hydroxyl groups is 1. The molecule has 0 fully saturated rings. The van der Waals surface area contributed by atoms with Gasteiger partial charge in [0.25, 0.3) is 11.8 Å². The van der Waals surface area contributed by atoms with Crippen molar-refractivity contribution in [3.63, 3.8) is 0 Å². The van der Waals surface area contributed by atoms with Crippen LogP contribution in [0, 0.1) is 0 Å². The molecule has 0 saturated carbocycles. The number of benzene rings is 2. The maximum atomic E-state index is 13.1. The number of aliphatic hydroxyl groups excluding tert-OH is 1. The monoisotopic (exact) mass is 575 g/mol. The van der Waals surface area contributed by atoms with Gasteiger partial charge in [0.2, 0.25) is 5.89 Å². The number of hydrogen-bond acceptors (Lipinski definition) is 9. The van der Waals surface area contributed by atoms with Crippen LogP contribution in [0.4, 0.5) is 17.2 Å². The van der Waals surface area contributed by atoms with Crippen molar-refractivity contribution >= 4 is 23.1 Å². The lowest BCUT2D eigenvalue weighted by molar-refractivity contribution is 0.0619. The maximum absolute atomic E-state index is 13.1. The first kappa shape index (κ1) is 28.0. The van der Waals surface area contributed by atoms with E-state index in [9.17, 15) is 9.90 Å². The number of pyridine rings is 2. The predicted octanol–water partition coefficient (Wildman–Crippen LogP) is 6.18. The molecule has 3 aromatic heterocycles. The number of fused-ring (bicyclic) bond motifs is 1. The first-order valence-corrected chi connectivity index (χ1v) is 14.3. The molecule has 5 aromatic rings. The quantitative estimate of drug-likeness (QED) is 0.179. The summed E-state index contributed by atoms with van der Waals surface area (Å²) in [4.78, 5) is 23.8. The number of nitrogens with zero attached hydrogens (tertiary/aromatic N) is 5. The average molecular weight is 576 g/mol. The van der Waals surface area contributed by atoms with E-state index in [1.807, 2.05) is 65.6 Å². The van der Waals surface area contributed by atoms with Crippen molar-refractivity contribution < 1.29 is 14.3 Å². The Balaban J connectivity index is 1.35. The number of rotatable bonds is 10. The van der Waals surface area contributed by atoms with Gasteiger partial charge in [-0.1, -0.05) is 37.3 Å². The lowest BCUT2D eigenvalue weighted by Gasteiger charge is -2.32. The highest BCUT2D eigenvalue weighted by Gasteiger charge is 2.42. The average Bonchev–Trinajstić information content (AvgIpc) is 3.59. The van der Waals surface area contributed by atoms with Crippen LogP contribution < -0.4 is 10.6 Å². The number of nitrogens with one attached hydrogen (secondary N) is 2. The first-order valence-electron chi connectivity index (χ1n) is 14.3. The van der Waals surface area contributed by atoms with Crippen molar-refractivity contribution in [3.05, 3.63) is 102 Å². The molecule has 10 heteroatoms. The lowest BCUT2D eigenvalue weighted by atomic mass is 9.93. The Hall–Kier alpha value is -5.09. The number of amides is 1. The summed E-state index contributed by atoms with van der Waals surface area (Å²) in [5.74, 6) is 1.24. The molecular formula is C33H33N7O3. The molecule has 43 heavy (non-hydrogen) atoms. The Morgan fingerprint density at radius 3 is 2.53 bits per heavy atom. The third-order valence-electron chi connectivity index (χ3n) is 7.73. The third-order valence-corrected chi connectivity index (χ3v) is 7.73. The van der Waals surface area contributed by atoms with Crippen LogP contribution in [0.1, 0.15) is 54.7 Å². The van der Waals surface area contributed by atoms with Crippen LogP contribution in [-0.4, -0.2) is 49.2 Å². The van der Waals surface area contributed by atoms with E-state index in [0.29, 0.717) is 35.1 Å². The highest BCUT2D eigenvalue weighted by Crippen LogP contribution is 2.41. The van der Waals surface area contributed by atoms with Crippen molar-refractivity contribution in [3.8, 4) is 22.9 Å². The van der Waals surface area contributed by atoms with E-state index >= 15 is 0 Å². The van der Waals surface area contributed by atoms with E-state index < -0.39 is 11.6 Å². The second-order valence-corrected chi connectivity index (χ2v) is 11.0. The number of aromatic nitrogens is 4. The number of carbonyl (C=O) groups is 1. The van der Waals surface area contributed by atoms with Gasteiger partial charge in [-0.25, -0.2) is 4.98 Å². The zero-order valence-electron chi connectivity index (χ0n) is 24.3. The Bertz CT molecular complexity index is 1740. The molecule has 0 unspecified atom stereocenters. The van der Waals surface area contributed by atoms with Gasteiger partial charge in [0.1, 0.15) is 5.82 Å². The minimum atomic E-state index is -0.419. The van der Waals surface area contributed by atoms with Gasteiger partial charge < -0.3 is 25.1 Å². The Morgan fingerprint density at radius 2 is 1.79 bits per heavy atom. The normalized spacial score (nSPS) is 14.4. The molecule has 218 valence electrons. The number of hydrogen-bond donors (Lipinski definition) is 3. The van der Waals surface area contributed by atoms with Crippen molar-refractivity contribution in [2.24, 2.45) is 0 Å². The molecule has 1 aliphatic rings. The Kier molecular flexibility index (Phi) is 7.60. The molecule has 3 N–H and O–H groups in total. The standard InChI is InChI=1S/C33H33N7O3/c1-4-15-40-32(42)24-13-12-23(16-26(24)33(40,2)3)36-29-17-27(37-28(20-41)21-9-6-5-7-10-21)25(19-35-29)31-39-38-30(43-31)22-11-8-14-34-18-22/h5-14,16-19,28,41H,4,15,20H2,1-3H3,(H2,35,36,37)/t28-/m1/s1. The van der Waals surface area contributed by atoms with Gasteiger partial charge in [0.15, 0.2) is 0 Å². The summed E-state index contributed by atoms with van der Waals surface area (Å²) in [5.41, 5.74) is 4.95. The van der Waals surface area contributed by atoms with Crippen molar-refractivity contribution in [1.82, 2.24) is 25.1 Å². The van der Waals surface area contributed by atoms with Gasteiger partial charge in [-0.2, -0.15) is 0 Å². The van der Waals surface area contributed by atoms with Gasteiger partial charge in [0.05, 0.1) is 35.0 Å². The van der Waals surface area contributed by atoms with Crippen molar-refractivity contribution in [1.29, 1.82) is 0 Å². The van der Waals surface area contributed by atoms with E-state index in [1.54, 1.807) is 24.7 Å². The van der Waals surface area contributed by atoms with Gasteiger partial charge in [-0.3, -0.25) is 9.78 Å². The van der Waals surface area contributed by atoms with Crippen molar-refractivity contribution in [2.75, 3.05) is 23.8 Å². The van der Waals surface area contributed by atoms with E-state index in [0.717, 1.165) is 28.8 Å². The van der Waals surface area contributed by atoms with Crippen LogP contribution in [-0.2, 0) is 5.54 Å². The van der Waals surface area contributed by atoms with Crippen molar-refractivity contribution in [2.45, 2.75) is 38.8 Å². The summed E-state index contributed by atoms with van der Waals surface area (Å²) in [6.07, 6.45) is 5.89. The van der Waals surface area contributed by atoms with Crippen LogP contribution >= 0.6 is 0 Å². The summed E-state index contributed by atoms with van der Waals surface area (Å²) < 4.78 is 6.03. The third kappa shape index (κ3) is 5.44. The molecular weight excluding hydrogens is 542 g/mol. The zero-order valence-corrected chi connectivity index (χ0v) is 24.3. The summed E-state index contributed by atoms with van der Waals surface area (Å²) in [6.45, 7) is 6.80. The maximum Gasteiger partial charge on any atom is 0.254 e. The van der Waals surface area contributed by atoms with E-state index in [-0.39, 0.29) is 18.4 Å². The second kappa shape index (κ2) is 11.7. The molecule has 1 atom stereocenters. The van der Waals surface area contributed by atoms with E-state index in [2.05, 4.69) is 51.6 Å². The van der Waals surface area contributed by atoms with Gasteiger partial charge in [0, 0.05) is 42.5 Å². The van der Waals surface area contributed by atoms with Gasteiger partial charge >= 0.3 is 0 Å². The number of carbonyl (C=O) groups excluding carboxylic acids is 1. The Labute approximate surface area is 249 Å². The molecule has 0 aliphatic carbocycles. The molecule has 0 saturated heterocycles. The number of anilines is 3. The molecule has 0 spiro atoms. The zero-order chi connectivity index (χ0) is 30.0.